The molecule has 0 aliphatic rings. The van der Waals surface area contributed by atoms with E-state index in [0.717, 1.165) is 0 Å². The maximum Gasteiger partial charge on any atom is 0.387 e. The van der Waals surface area contributed by atoms with E-state index in [1.165, 1.54) is 7.11 Å². The molecular weight excluding hydrogens is 244 g/mol. The van der Waals surface area contributed by atoms with Crippen LogP contribution in [0.1, 0.15) is 5.56 Å². The van der Waals surface area contributed by atoms with Gasteiger partial charge in [-0.1, -0.05) is 12.1 Å². The molecule has 0 unspecified atom stereocenters. The minimum atomic E-state index is -2.90. The third-order valence-corrected chi connectivity index (χ3v) is 2.41. The van der Waals surface area contributed by atoms with Gasteiger partial charge in [-0.05, 0) is 13.1 Å². The summed E-state index contributed by atoms with van der Waals surface area (Å²) in [7, 11) is 3.18. The standard InChI is InChI=1S/C12H17F2NO3/c1-15(6-7-16)8-9-4-3-5-10(17-2)11(9)18-12(13)14/h3-5,12,16H,6-8H2,1-2H3. The molecule has 0 heterocycles. The number of hydrogen-bond donors (Lipinski definition) is 1. The van der Waals surface area contributed by atoms with Gasteiger partial charge in [0.15, 0.2) is 11.5 Å². The van der Waals surface area contributed by atoms with Crippen LogP contribution < -0.4 is 9.47 Å². The zero-order chi connectivity index (χ0) is 13.5. The first-order valence-corrected chi connectivity index (χ1v) is 5.48. The smallest absolute Gasteiger partial charge is 0.387 e. The Morgan fingerprint density at radius 3 is 2.67 bits per heavy atom. The fraction of sp³-hybridized carbons (Fsp3) is 0.500. The van der Waals surface area contributed by atoms with Crippen LogP contribution in [0.4, 0.5) is 8.78 Å². The number of halogens is 2. The minimum absolute atomic E-state index is 0.00546. The monoisotopic (exact) mass is 261 g/mol. The summed E-state index contributed by atoms with van der Waals surface area (Å²) in [5, 5.41) is 8.81. The van der Waals surface area contributed by atoms with Crippen molar-refractivity contribution in [2.24, 2.45) is 0 Å². The Morgan fingerprint density at radius 2 is 2.11 bits per heavy atom. The molecule has 18 heavy (non-hydrogen) atoms. The zero-order valence-electron chi connectivity index (χ0n) is 10.4. The van der Waals surface area contributed by atoms with E-state index in [4.69, 9.17) is 9.84 Å². The molecule has 1 rings (SSSR count). The first-order chi connectivity index (χ1) is 8.58. The predicted octanol–water partition coefficient (Wildman–Crippen LogP) is 1.72. The fourth-order valence-electron chi connectivity index (χ4n) is 1.61. The topological polar surface area (TPSA) is 41.9 Å². The number of rotatable bonds is 7. The summed E-state index contributed by atoms with van der Waals surface area (Å²) in [6.45, 7) is -2.06. The number of likely N-dealkylation sites (N-methyl/N-ethyl adjacent to an activating group) is 1. The Kier molecular flexibility index (Phi) is 5.80. The first kappa shape index (κ1) is 14.7. The van der Waals surface area contributed by atoms with E-state index in [1.807, 2.05) is 0 Å². The van der Waals surface area contributed by atoms with E-state index in [9.17, 15) is 8.78 Å². The molecule has 4 nitrogen and oxygen atoms in total. The molecule has 0 saturated carbocycles. The van der Waals surface area contributed by atoms with Crippen molar-refractivity contribution in [2.75, 3.05) is 27.3 Å². The van der Waals surface area contributed by atoms with Gasteiger partial charge in [0.2, 0.25) is 0 Å². The lowest BCUT2D eigenvalue weighted by atomic mass is 10.1. The summed E-state index contributed by atoms with van der Waals surface area (Å²) in [5.41, 5.74) is 0.589. The van der Waals surface area contributed by atoms with Crippen molar-refractivity contribution in [3.05, 3.63) is 23.8 Å². The molecule has 0 fully saturated rings. The minimum Gasteiger partial charge on any atom is -0.493 e. The number of hydrogen-bond acceptors (Lipinski definition) is 4. The highest BCUT2D eigenvalue weighted by Gasteiger charge is 2.16. The van der Waals surface area contributed by atoms with Gasteiger partial charge in [-0.15, -0.1) is 0 Å². The lowest BCUT2D eigenvalue weighted by molar-refractivity contribution is -0.0521. The second kappa shape index (κ2) is 7.13. The summed E-state index contributed by atoms with van der Waals surface area (Å²) >= 11 is 0. The van der Waals surface area contributed by atoms with Gasteiger partial charge in [-0.2, -0.15) is 8.78 Å². The fourth-order valence-corrected chi connectivity index (χ4v) is 1.61. The molecule has 1 N–H and O–H groups in total. The molecule has 0 aliphatic heterocycles. The Hall–Kier alpha value is -1.40. The van der Waals surface area contributed by atoms with Crippen LogP contribution in [0.2, 0.25) is 0 Å². The van der Waals surface area contributed by atoms with Crippen molar-refractivity contribution in [1.29, 1.82) is 0 Å². The van der Waals surface area contributed by atoms with E-state index in [1.54, 1.807) is 30.1 Å². The van der Waals surface area contributed by atoms with Crippen LogP contribution in [0.3, 0.4) is 0 Å². The average Bonchev–Trinajstić information content (AvgIpc) is 2.31. The van der Waals surface area contributed by atoms with Crippen molar-refractivity contribution in [2.45, 2.75) is 13.2 Å². The molecule has 102 valence electrons. The van der Waals surface area contributed by atoms with Crippen LogP contribution in [0, 0.1) is 0 Å². The molecule has 0 aliphatic carbocycles. The van der Waals surface area contributed by atoms with Crippen molar-refractivity contribution < 1.29 is 23.4 Å². The Morgan fingerprint density at radius 1 is 1.39 bits per heavy atom. The first-order valence-electron chi connectivity index (χ1n) is 5.48. The Labute approximate surface area is 105 Å². The highest BCUT2D eigenvalue weighted by atomic mass is 19.3. The third kappa shape index (κ3) is 4.12. The van der Waals surface area contributed by atoms with E-state index >= 15 is 0 Å². The van der Waals surface area contributed by atoms with Gasteiger partial charge in [0.1, 0.15) is 0 Å². The van der Waals surface area contributed by atoms with Gasteiger partial charge in [0.05, 0.1) is 13.7 Å². The van der Waals surface area contributed by atoms with E-state index in [-0.39, 0.29) is 18.1 Å². The SMILES string of the molecule is COc1cccc(CN(C)CCO)c1OC(F)F. The number of aliphatic hydroxyl groups excluding tert-OH is 1. The summed E-state index contributed by atoms with van der Waals surface area (Å²) in [4.78, 5) is 1.80. The number of aliphatic hydroxyl groups is 1. The second-order valence-electron chi connectivity index (χ2n) is 3.79. The molecule has 0 spiro atoms. The molecule has 6 heteroatoms. The lowest BCUT2D eigenvalue weighted by Gasteiger charge is -2.19. The molecule has 0 radical (unpaired) electrons. The van der Waals surface area contributed by atoms with Gasteiger partial charge in [-0.25, -0.2) is 0 Å². The van der Waals surface area contributed by atoms with Gasteiger partial charge < -0.3 is 14.6 Å². The van der Waals surface area contributed by atoms with Crippen LogP contribution in [-0.4, -0.2) is 43.9 Å². The third-order valence-electron chi connectivity index (χ3n) is 2.41. The van der Waals surface area contributed by atoms with E-state index < -0.39 is 6.61 Å². The summed E-state index contributed by atoms with van der Waals surface area (Å²) in [6.07, 6.45) is 0. The van der Waals surface area contributed by atoms with Crippen LogP contribution in [0.25, 0.3) is 0 Å². The Bertz CT molecular complexity index is 374. The second-order valence-corrected chi connectivity index (χ2v) is 3.79. The molecule has 1 aromatic carbocycles. The van der Waals surface area contributed by atoms with Crippen molar-refractivity contribution in [3.63, 3.8) is 0 Å². The number of methoxy groups -OCH3 is 1. The van der Waals surface area contributed by atoms with Crippen molar-refractivity contribution in [3.8, 4) is 11.5 Å². The largest absolute Gasteiger partial charge is 0.493 e. The molecule has 0 aromatic heterocycles. The van der Waals surface area contributed by atoms with Crippen LogP contribution in [0.15, 0.2) is 18.2 Å². The van der Waals surface area contributed by atoms with Gasteiger partial charge in [-0.3, -0.25) is 4.90 Å². The van der Waals surface area contributed by atoms with Crippen molar-refractivity contribution in [1.82, 2.24) is 4.90 Å². The average molecular weight is 261 g/mol. The van der Waals surface area contributed by atoms with Crippen LogP contribution in [0.5, 0.6) is 11.5 Å². The molecular formula is C12H17F2NO3. The zero-order valence-corrected chi connectivity index (χ0v) is 10.4. The van der Waals surface area contributed by atoms with Crippen LogP contribution in [-0.2, 0) is 6.54 Å². The Balaban J connectivity index is 2.94. The highest BCUT2D eigenvalue weighted by molar-refractivity contribution is 5.46. The lowest BCUT2D eigenvalue weighted by Crippen LogP contribution is -2.22. The number of ether oxygens (including phenoxy) is 2. The quantitative estimate of drug-likeness (QED) is 0.811. The van der Waals surface area contributed by atoms with E-state index in [2.05, 4.69) is 4.74 Å². The van der Waals surface area contributed by atoms with Gasteiger partial charge in [0, 0.05) is 18.7 Å². The molecule has 0 saturated heterocycles. The number of alkyl halides is 2. The van der Waals surface area contributed by atoms with Gasteiger partial charge >= 0.3 is 6.61 Å². The number of benzene rings is 1. The summed E-state index contributed by atoms with van der Waals surface area (Å²) in [6, 6.07) is 4.96. The molecule has 0 amide bonds. The maximum atomic E-state index is 12.4. The summed E-state index contributed by atoms with van der Waals surface area (Å²) < 4.78 is 34.2. The molecule has 0 bridgehead atoms. The highest BCUT2D eigenvalue weighted by Crippen LogP contribution is 2.33. The normalized spacial score (nSPS) is 11.1. The van der Waals surface area contributed by atoms with E-state index in [0.29, 0.717) is 18.7 Å². The number of para-hydroxylation sites is 1. The molecule has 1 aromatic rings. The maximum absolute atomic E-state index is 12.4. The van der Waals surface area contributed by atoms with Gasteiger partial charge in [0.25, 0.3) is 0 Å². The summed E-state index contributed by atoms with van der Waals surface area (Å²) in [5.74, 6) is 0.310. The predicted molar refractivity (Wildman–Crippen MR) is 63.0 cm³/mol. The number of nitrogens with zero attached hydrogens (tertiary/aromatic N) is 1. The molecule has 0 atom stereocenters. The van der Waals surface area contributed by atoms with Crippen molar-refractivity contribution >= 4 is 0 Å². The van der Waals surface area contributed by atoms with Crippen LogP contribution >= 0.6 is 0 Å².